The van der Waals surface area contributed by atoms with Crippen molar-refractivity contribution in [2.75, 3.05) is 44.6 Å². The highest BCUT2D eigenvalue weighted by Gasteiger charge is 2.30. The Labute approximate surface area is 157 Å². The van der Waals surface area contributed by atoms with Crippen molar-refractivity contribution in [1.82, 2.24) is 9.80 Å². The summed E-state index contributed by atoms with van der Waals surface area (Å²) in [5.74, 6) is -0.0577. The van der Waals surface area contributed by atoms with E-state index in [1.165, 1.54) is 0 Å². The Hall–Kier alpha value is -1.34. The van der Waals surface area contributed by atoms with Crippen LogP contribution in [0.25, 0.3) is 0 Å². The Morgan fingerprint density at radius 1 is 1.20 bits per heavy atom. The molecule has 2 aliphatic heterocycles. The number of hydrogen-bond acceptors (Lipinski definition) is 4. The molecule has 1 unspecified atom stereocenters. The third kappa shape index (κ3) is 4.85. The van der Waals surface area contributed by atoms with Crippen molar-refractivity contribution in [3.05, 3.63) is 28.2 Å². The van der Waals surface area contributed by atoms with Gasteiger partial charge in [0.25, 0.3) is 5.91 Å². The standard InChI is InChI=1S/C17H21Cl2N3O3/c18-12-3-4-14(13(19)10-12)20-16(23)11-21-5-7-22(8-6-21)17(24)15-2-1-9-25-15/h3-4,10,15H,1-2,5-9,11H2,(H,20,23). The van der Waals surface area contributed by atoms with Crippen molar-refractivity contribution in [3.63, 3.8) is 0 Å². The average molecular weight is 386 g/mol. The molecule has 8 heteroatoms. The van der Waals surface area contributed by atoms with Crippen LogP contribution in [-0.2, 0) is 14.3 Å². The molecule has 6 nitrogen and oxygen atoms in total. The molecule has 3 rings (SSSR count). The number of benzene rings is 1. The minimum Gasteiger partial charge on any atom is -0.368 e. The van der Waals surface area contributed by atoms with Crippen molar-refractivity contribution in [1.29, 1.82) is 0 Å². The molecule has 1 atom stereocenters. The van der Waals surface area contributed by atoms with E-state index >= 15 is 0 Å². The number of ether oxygens (including phenoxy) is 1. The monoisotopic (exact) mass is 385 g/mol. The van der Waals surface area contributed by atoms with Crippen LogP contribution in [0.15, 0.2) is 18.2 Å². The van der Waals surface area contributed by atoms with Gasteiger partial charge >= 0.3 is 0 Å². The van der Waals surface area contributed by atoms with E-state index in [0.717, 1.165) is 12.8 Å². The Kier molecular flexibility index (Phi) is 6.17. The van der Waals surface area contributed by atoms with Crippen LogP contribution in [0.2, 0.25) is 10.0 Å². The minimum atomic E-state index is -0.276. The zero-order chi connectivity index (χ0) is 17.8. The number of rotatable bonds is 4. The van der Waals surface area contributed by atoms with Gasteiger partial charge in [0.1, 0.15) is 6.10 Å². The fourth-order valence-corrected chi connectivity index (χ4v) is 3.54. The maximum Gasteiger partial charge on any atom is 0.251 e. The van der Waals surface area contributed by atoms with Crippen LogP contribution in [0.4, 0.5) is 5.69 Å². The number of carbonyl (C=O) groups excluding carboxylic acids is 2. The summed E-state index contributed by atoms with van der Waals surface area (Å²) in [4.78, 5) is 28.4. The second kappa shape index (κ2) is 8.36. The Morgan fingerprint density at radius 3 is 2.60 bits per heavy atom. The Balaban J connectivity index is 1.45. The Bertz CT molecular complexity index is 642. The van der Waals surface area contributed by atoms with Crippen molar-refractivity contribution in [3.8, 4) is 0 Å². The SMILES string of the molecule is O=C(CN1CCN(C(=O)C2CCCO2)CC1)Nc1ccc(Cl)cc1Cl. The van der Waals surface area contributed by atoms with E-state index in [1.54, 1.807) is 18.2 Å². The molecule has 1 aromatic carbocycles. The number of hydrogen-bond donors (Lipinski definition) is 1. The van der Waals surface area contributed by atoms with Gasteiger partial charge in [-0.25, -0.2) is 0 Å². The van der Waals surface area contributed by atoms with Gasteiger partial charge in [0, 0.05) is 37.8 Å². The van der Waals surface area contributed by atoms with E-state index in [2.05, 4.69) is 5.32 Å². The maximum absolute atomic E-state index is 12.3. The first-order chi connectivity index (χ1) is 12.0. The topological polar surface area (TPSA) is 61.9 Å². The predicted octanol–water partition coefficient (Wildman–Crippen LogP) is 2.26. The van der Waals surface area contributed by atoms with Gasteiger partial charge in [0.15, 0.2) is 0 Å². The van der Waals surface area contributed by atoms with Gasteiger partial charge in [-0.3, -0.25) is 14.5 Å². The van der Waals surface area contributed by atoms with E-state index in [1.807, 2.05) is 9.80 Å². The van der Waals surface area contributed by atoms with Crippen molar-refractivity contribution in [2.24, 2.45) is 0 Å². The summed E-state index contributed by atoms with van der Waals surface area (Å²) in [6.07, 6.45) is 1.48. The van der Waals surface area contributed by atoms with E-state index in [9.17, 15) is 9.59 Å². The highest BCUT2D eigenvalue weighted by atomic mass is 35.5. The molecule has 0 spiro atoms. The first-order valence-corrected chi connectivity index (χ1v) is 9.16. The van der Waals surface area contributed by atoms with Gasteiger partial charge in [-0.2, -0.15) is 0 Å². The lowest BCUT2D eigenvalue weighted by Crippen LogP contribution is -2.52. The molecule has 1 N–H and O–H groups in total. The van der Waals surface area contributed by atoms with Crippen LogP contribution >= 0.6 is 23.2 Å². The molecular formula is C17H21Cl2N3O3. The van der Waals surface area contributed by atoms with Gasteiger partial charge in [0.2, 0.25) is 5.91 Å². The largest absolute Gasteiger partial charge is 0.368 e. The minimum absolute atomic E-state index is 0.0783. The van der Waals surface area contributed by atoms with Crippen molar-refractivity contribution >= 4 is 40.7 Å². The molecule has 1 aromatic rings. The summed E-state index contributed by atoms with van der Waals surface area (Å²) in [5, 5.41) is 3.72. The van der Waals surface area contributed by atoms with E-state index in [-0.39, 0.29) is 24.5 Å². The third-order valence-corrected chi connectivity index (χ3v) is 5.01. The summed E-state index contributed by atoms with van der Waals surface area (Å²) in [6, 6.07) is 4.95. The molecule has 0 bridgehead atoms. The van der Waals surface area contributed by atoms with E-state index in [0.29, 0.717) is 48.5 Å². The van der Waals surface area contributed by atoms with Crippen LogP contribution in [0.1, 0.15) is 12.8 Å². The smallest absolute Gasteiger partial charge is 0.251 e. The van der Waals surface area contributed by atoms with Gasteiger partial charge in [-0.1, -0.05) is 23.2 Å². The normalized spacial score (nSPS) is 21.4. The molecule has 2 aliphatic rings. The molecule has 25 heavy (non-hydrogen) atoms. The summed E-state index contributed by atoms with van der Waals surface area (Å²) < 4.78 is 5.45. The fraction of sp³-hybridized carbons (Fsp3) is 0.529. The summed E-state index contributed by atoms with van der Waals surface area (Å²) in [6.45, 7) is 3.51. The van der Waals surface area contributed by atoms with Crippen LogP contribution in [-0.4, -0.2) is 67.0 Å². The van der Waals surface area contributed by atoms with Crippen LogP contribution in [0.5, 0.6) is 0 Å². The highest BCUT2D eigenvalue weighted by Crippen LogP contribution is 2.25. The lowest BCUT2D eigenvalue weighted by atomic mass is 10.2. The lowest BCUT2D eigenvalue weighted by molar-refractivity contribution is -0.142. The Morgan fingerprint density at radius 2 is 1.96 bits per heavy atom. The second-order valence-electron chi connectivity index (χ2n) is 6.28. The number of amides is 2. The predicted molar refractivity (Wildman–Crippen MR) is 97.1 cm³/mol. The van der Waals surface area contributed by atoms with Gasteiger partial charge < -0.3 is 15.0 Å². The van der Waals surface area contributed by atoms with Crippen molar-refractivity contribution < 1.29 is 14.3 Å². The van der Waals surface area contributed by atoms with E-state index in [4.69, 9.17) is 27.9 Å². The first-order valence-electron chi connectivity index (χ1n) is 8.40. The number of carbonyl (C=O) groups is 2. The zero-order valence-corrected chi connectivity index (χ0v) is 15.4. The molecule has 2 heterocycles. The number of anilines is 1. The first kappa shape index (κ1) is 18.5. The maximum atomic E-state index is 12.3. The number of halogens is 2. The molecule has 0 radical (unpaired) electrons. The second-order valence-corrected chi connectivity index (χ2v) is 7.12. The molecule has 0 aliphatic carbocycles. The van der Waals surface area contributed by atoms with Crippen LogP contribution in [0, 0.1) is 0 Å². The van der Waals surface area contributed by atoms with E-state index < -0.39 is 0 Å². The molecule has 2 saturated heterocycles. The number of nitrogens with one attached hydrogen (secondary N) is 1. The summed E-state index contributed by atoms with van der Waals surface area (Å²) >= 11 is 11.9. The van der Waals surface area contributed by atoms with Gasteiger partial charge in [-0.05, 0) is 31.0 Å². The third-order valence-electron chi connectivity index (χ3n) is 4.46. The molecular weight excluding hydrogens is 365 g/mol. The molecule has 2 fully saturated rings. The fourth-order valence-electron chi connectivity index (χ4n) is 3.09. The van der Waals surface area contributed by atoms with Gasteiger partial charge in [-0.15, -0.1) is 0 Å². The summed E-state index contributed by atoms with van der Waals surface area (Å²) in [7, 11) is 0. The van der Waals surface area contributed by atoms with Crippen LogP contribution < -0.4 is 5.32 Å². The molecule has 0 aromatic heterocycles. The quantitative estimate of drug-likeness (QED) is 0.863. The average Bonchev–Trinajstić information content (AvgIpc) is 3.12. The molecule has 2 amide bonds. The van der Waals surface area contributed by atoms with Gasteiger partial charge in [0.05, 0.1) is 17.3 Å². The number of nitrogens with zero attached hydrogens (tertiary/aromatic N) is 2. The summed E-state index contributed by atoms with van der Waals surface area (Å²) in [5.41, 5.74) is 0.545. The zero-order valence-electron chi connectivity index (χ0n) is 13.8. The van der Waals surface area contributed by atoms with Crippen molar-refractivity contribution in [2.45, 2.75) is 18.9 Å². The molecule has 0 saturated carbocycles. The lowest BCUT2D eigenvalue weighted by Gasteiger charge is -2.35. The highest BCUT2D eigenvalue weighted by molar-refractivity contribution is 6.36. The molecule has 136 valence electrons. The number of piperazine rings is 1. The van der Waals surface area contributed by atoms with Crippen LogP contribution in [0.3, 0.4) is 0 Å².